The highest BCUT2D eigenvalue weighted by Gasteiger charge is 2.14. The topological polar surface area (TPSA) is 43.1 Å². The van der Waals surface area contributed by atoms with Gasteiger partial charge in [-0.05, 0) is 25.1 Å². The zero-order valence-electron chi connectivity index (χ0n) is 11.7. The maximum Gasteiger partial charge on any atom is 0.235 e. The molecule has 0 bridgehead atoms. The number of nitrogens with zero attached hydrogens (tertiary/aromatic N) is 4. The molecule has 0 fully saturated rings. The molecule has 0 saturated carbocycles. The monoisotopic (exact) mass is 370 g/mol. The number of fused-ring (bicyclic) bond motifs is 1. The zero-order valence-corrected chi connectivity index (χ0v) is 14.1. The van der Waals surface area contributed by atoms with Crippen molar-refractivity contribution in [3.05, 3.63) is 58.6 Å². The van der Waals surface area contributed by atoms with Crippen LogP contribution in [0.4, 0.5) is 0 Å². The third kappa shape index (κ3) is 2.34. The standard InChI is InChI=1S/C16H11BrN4S/c1-10-3-2-4-12(9-10)14-18-19-16-21(14)20-15(22-16)11-5-7-13(17)8-6-11/h2-9H,1H3. The van der Waals surface area contributed by atoms with Gasteiger partial charge in [-0.15, -0.1) is 10.2 Å². The molecule has 0 unspecified atom stereocenters. The lowest BCUT2D eigenvalue weighted by Crippen LogP contribution is -1.91. The molecule has 0 N–H and O–H groups in total. The quantitative estimate of drug-likeness (QED) is 0.518. The fourth-order valence-electron chi connectivity index (χ4n) is 2.29. The summed E-state index contributed by atoms with van der Waals surface area (Å²) in [5, 5.41) is 14.1. The second-order valence-corrected chi connectivity index (χ2v) is 6.87. The average molecular weight is 371 g/mol. The number of benzene rings is 2. The molecule has 108 valence electrons. The van der Waals surface area contributed by atoms with Crippen molar-refractivity contribution >= 4 is 32.2 Å². The highest BCUT2D eigenvalue weighted by atomic mass is 79.9. The molecule has 0 amide bonds. The predicted molar refractivity (Wildman–Crippen MR) is 92.0 cm³/mol. The van der Waals surface area contributed by atoms with Crippen LogP contribution in [0.25, 0.3) is 26.9 Å². The van der Waals surface area contributed by atoms with E-state index < -0.39 is 0 Å². The number of aromatic nitrogens is 4. The van der Waals surface area contributed by atoms with Gasteiger partial charge in [-0.25, -0.2) is 0 Å². The molecule has 2 aromatic carbocycles. The second kappa shape index (κ2) is 5.30. The summed E-state index contributed by atoms with van der Waals surface area (Å²) >= 11 is 4.99. The molecule has 4 rings (SSSR count). The van der Waals surface area contributed by atoms with Gasteiger partial charge in [-0.2, -0.15) is 9.61 Å². The number of rotatable bonds is 2. The molecule has 0 aliphatic heterocycles. The van der Waals surface area contributed by atoms with Gasteiger partial charge >= 0.3 is 0 Å². The number of hydrogen-bond acceptors (Lipinski definition) is 4. The highest BCUT2D eigenvalue weighted by molar-refractivity contribution is 9.10. The van der Waals surface area contributed by atoms with E-state index >= 15 is 0 Å². The van der Waals surface area contributed by atoms with Crippen LogP contribution in [0.5, 0.6) is 0 Å². The van der Waals surface area contributed by atoms with Crippen LogP contribution in [0.15, 0.2) is 53.0 Å². The third-order valence-electron chi connectivity index (χ3n) is 3.36. The lowest BCUT2D eigenvalue weighted by atomic mass is 10.1. The van der Waals surface area contributed by atoms with Crippen molar-refractivity contribution in [2.24, 2.45) is 0 Å². The van der Waals surface area contributed by atoms with Crippen LogP contribution >= 0.6 is 27.3 Å². The van der Waals surface area contributed by atoms with Gasteiger partial charge in [0.1, 0.15) is 5.01 Å². The Morgan fingerprint density at radius 2 is 1.82 bits per heavy atom. The van der Waals surface area contributed by atoms with E-state index in [0.29, 0.717) is 0 Å². The molecule has 4 aromatic rings. The van der Waals surface area contributed by atoms with E-state index in [0.717, 1.165) is 31.4 Å². The smallest absolute Gasteiger partial charge is 0.182 e. The maximum absolute atomic E-state index is 4.67. The molecule has 22 heavy (non-hydrogen) atoms. The Bertz CT molecular complexity index is 956. The predicted octanol–water partition coefficient (Wildman–Crippen LogP) is 4.59. The van der Waals surface area contributed by atoms with E-state index in [1.54, 1.807) is 0 Å². The zero-order chi connectivity index (χ0) is 15.1. The first-order chi connectivity index (χ1) is 10.7. The van der Waals surface area contributed by atoms with Crippen LogP contribution in [0.2, 0.25) is 0 Å². The minimum Gasteiger partial charge on any atom is -0.182 e. The highest BCUT2D eigenvalue weighted by Crippen LogP contribution is 2.29. The van der Waals surface area contributed by atoms with Crippen molar-refractivity contribution in [1.29, 1.82) is 0 Å². The molecular weight excluding hydrogens is 360 g/mol. The van der Waals surface area contributed by atoms with Crippen LogP contribution in [-0.4, -0.2) is 19.8 Å². The molecular formula is C16H11BrN4S. The molecule has 0 spiro atoms. The van der Waals surface area contributed by atoms with Crippen LogP contribution in [0.1, 0.15) is 5.56 Å². The molecule has 0 atom stereocenters. The Morgan fingerprint density at radius 1 is 1.00 bits per heavy atom. The lowest BCUT2D eigenvalue weighted by Gasteiger charge is -1.98. The molecule has 2 heterocycles. The fraction of sp³-hybridized carbons (Fsp3) is 0.0625. The van der Waals surface area contributed by atoms with Gasteiger partial charge in [0.15, 0.2) is 5.82 Å². The van der Waals surface area contributed by atoms with Gasteiger partial charge in [0.05, 0.1) is 0 Å². The summed E-state index contributed by atoms with van der Waals surface area (Å²) in [5.74, 6) is 0.776. The number of halogens is 1. The van der Waals surface area contributed by atoms with Crippen LogP contribution in [-0.2, 0) is 0 Å². The summed E-state index contributed by atoms with van der Waals surface area (Å²) in [6.07, 6.45) is 0. The molecule has 0 aliphatic carbocycles. The van der Waals surface area contributed by atoms with E-state index in [9.17, 15) is 0 Å². The van der Waals surface area contributed by atoms with Crippen molar-refractivity contribution in [3.8, 4) is 22.0 Å². The number of hydrogen-bond donors (Lipinski definition) is 0. The summed E-state index contributed by atoms with van der Waals surface area (Å²) in [7, 11) is 0. The molecule has 4 nitrogen and oxygen atoms in total. The van der Waals surface area contributed by atoms with Crippen LogP contribution in [0.3, 0.4) is 0 Å². The van der Waals surface area contributed by atoms with Gasteiger partial charge in [0, 0.05) is 15.6 Å². The van der Waals surface area contributed by atoms with Crippen molar-refractivity contribution < 1.29 is 0 Å². The Morgan fingerprint density at radius 3 is 2.59 bits per heavy atom. The van der Waals surface area contributed by atoms with Gasteiger partial charge in [-0.1, -0.05) is 63.2 Å². The van der Waals surface area contributed by atoms with Gasteiger partial charge in [-0.3, -0.25) is 0 Å². The Balaban J connectivity index is 1.84. The minimum absolute atomic E-state index is 0.776. The summed E-state index contributed by atoms with van der Waals surface area (Å²) in [6.45, 7) is 2.07. The summed E-state index contributed by atoms with van der Waals surface area (Å²) in [6, 6.07) is 16.3. The van der Waals surface area contributed by atoms with E-state index in [1.165, 1.54) is 16.9 Å². The van der Waals surface area contributed by atoms with Crippen molar-refractivity contribution in [2.45, 2.75) is 6.92 Å². The second-order valence-electron chi connectivity index (χ2n) is 5.00. The Kier molecular flexibility index (Phi) is 3.28. The lowest BCUT2D eigenvalue weighted by molar-refractivity contribution is 0.970. The van der Waals surface area contributed by atoms with E-state index in [2.05, 4.69) is 50.3 Å². The maximum atomic E-state index is 4.67. The first-order valence-electron chi connectivity index (χ1n) is 6.76. The first-order valence-corrected chi connectivity index (χ1v) is 8.37. The molecule has 0 radical (unpaired) electrons. The fourth-order valence-corrected chi connectivity index (χ4v) is 3.40. The van der Waals surface area contributed by atoms with E-state index in [4.69, 9.17) is 0 Å². The SMILES string of the molecule is Cc1cccc(-c2nnc3sc(-c4ccc(Br)cc4)nn23)c1. The third-order valence-corrected chi connectivity index (χ3v) is 4.83. The van der Waals surface area contributed by atoms with Gasteiger partial charge in [0.2, 0.25) is 4.96 Å². The normalized spacial score (nSPS) is 11.2. The summed E-state index contributed by atoms with van der Waals surface area (Å²) in [5.41, 5.74) is 3.30. The van der Waals surface area contributed by atoms with Crippen molar-refractivity contribution in [2.75, 3.05) is 0 Å². The average Bonchev–Trinajstić information content (AvgIpc) is 3.08. The van der Waals surface area contributed by atoms with E-state index in [-0.39, 0.29) is 0 Å². The Hall–Kier alpha value is -2.05. The minimum atomic E-state index is 0.776. The van der Waals surface area contributed by atoms with Crippen LogP contribution in [0, 0.1) is 6.92 Å². The molecule has 0 aliphatic rings. The van der Waals surface area contributed by atoms with Crippen LogP contribution < -0.4 is 0 Å². The molecule has 2 aromatic heterocycles. The van der Waals surface area contributed by atoms with Gasteiger partial charge < -0.3 is 0 Å². The van der Waals surface area contributed by atoms with Crippen molar-refractivity contribution in [1.82, 2.24) is 19.8 Å². The van der Waals surface area contributed by atoms with Crippen molar-refractivity contribution in [3.63, 3.8) is 0 Å². The van der Waals surface area contributed by atoms with Gasteiger partial charge in [0.25, 0.3) is 0 Å². The molecule has 0 saturated heterocycles. The summed E-state index contributed by atoms with van der Waals surface area (Å²) in [4.78, 5) is 0.800. The van der Waals surface area contributed by atoms with E-state index in [1.807, 2.05) is 40.9 Å². The largest absolute Gasteiger partial charge is 0.235 e. The first kappa shape index (κ1) is 13.6. The number of aryl methyl sites for hydroxylation is 1. The molecule has 6 heteroatoms. The summed E-state index contributed by atoms with van der Waals surface area (Å²) < 4.78 is 2.87. The Labute approximate surface area is 139 Å².